The summed E-state index contributed by atoms with van der Waals surface area (Å²) < 4.78 is 1.00. The van der Waals surface area contributed by atoms with Crippen molar-refractivity contribution in [1.82, 2.24) is 15.0 Å². The van der Waals surface area contributed by atoms with Crippen LogP contribution in [-0.4, -0.2) is 26.3 Å². The normalized spacial score (nSPS) is 11.4. The van der Waals surface area contributed by atoms with Crippen molar-refractivity contribution in [3.05, 3.63) is 56.2 Å². The van der Waals surface area contributed by atoms with Crippen molar-refractivity contribution in [2.24, 2.45) is 5.10 Å². The molecule has 0 spiro atoms. The molecule has 0 radical (unpaired) electrons. The van der Waals surface area contributed by atoms with E-state index in [2.05, 4.69) is 15.5 Å². The molecular formula is C19H24N4O4. The standard InChI is InChI=1S/C19H24N4O4/c1-4-6-7-15(24)22-21-14(5-2)16-17(25)20-19(27)23(18(16)26)13-10-8-12(3)9-11-13/h8-11,26H,4-7H2,1-3H3,(H,22,24)(H,20,25,27)/b21-14+. The molecule has 1 aromatic heterocycles. The van der Waals surface area contributed by atoms with Crippen LogP contribution in [0.25, 0.3) is 5.69 Å². The highest BCUT2D eigenvalue weighted by Crippen LogP contribution is 2.18. The highest BCUT2D eigenvalue weighted by Gasteiger charge is 2.19. The Labute approximate surface area is 156 Å². The Bertz CT molecular complexity index is 955. The average molecular weight is 372 g/mol. The van der Waals surface area contributed by atoms with E-state index in [0.717, 1.165) is 23.0 Å². The van der Waals surface area contributed by atoms with Crippen LogP contribution in [0.5, 0.6) is 5.88 Å². The number of carbonyl (C=O) groups is 1. The predicted octanol–water partition coefficient (Wildman–Crippen LogP) is 1.96. The third kappa shape index (κ3) is 4.72. The summed E-state index contributed by atoms with van der Waals surface area (Å²) in [5, 5.41) is 14.6. The van der Waals surface area contributed by atoms with Gasteiger partial charge in [0.2, 0.25) is 11.8 Å². The van der Waals surface area contributed by atoms with Gasteiger partial charge in [0, 0.05) is 6.42 Å². The van der Waals surface area contributed by atoms with Crippen LogP contribution in [0.1, 0.15) is 50.7 Å². The van der Waals surface area contributed by atoms with Gasteiger partial charge in [0.1, 0.15) is 5.56 Å². The second-order valence-corrected chi connectivity index (χ2v) is 6.18. The van der Waals surface area contributed by atoms with Crippen molar-refractivity contribution in [3.8, 4) is 11.6 Å². The van der Waals surface area contributed by atoms with Gasteiger partial charge < -0.3 is 5.11 Å². The Morgan fingerprint density at radius 2 is 1.89 bits per heavy atom. The number of aromatic amines is 1. The summed E-state index contributed by atoms with van der Waals surface area (Å²) >= 11 is 0. The first-order valence-electron chi connectivity index (χ1n) is 8.90. The zero-order valence-electron chi connectivity index (χ0n) is 15.7. The molecule has 0 aliphatic heterocycles. The second kappa shape index (κ2) is 8.98. The molecule has 0 saturated heterocycles. The minimum atomic E-state index is -0.760. The number of H-pyrrole nitrogens is 1. The van der Waals surface area contributed by atoms with Gasteiger partial charge >= 0.3 is 5.69 Å². The zero-order valence-corrected chi connectivity index (χ0v) is 15.7. The summed E-state index contributed by atoms with van der Waals surface area (Å²) in [6.07, 6.45) is 2.20. The number of nitrogens with one attached hydrogen (secondary N) is 2. The fraction of sp³-hybridized carbons (Fsp3) is 0.368. The highest BCUT2D eigenvalue weighted by atomic mass is 16.3. The second-order valence-electron chi connectivity index (χ2n) is 6.18. The van der Waals surface area contributed by atoms with Crippen molar-refractivity contribution in [2.75, 3.05) is 0 Å². The Kier molecular flexibility index (Phi) is 6.70. The largest absolute Gasteiger partial charge is 0.493 e. The first-order chi connectivity index (χ1) is 12.9. The minimum Gasteiger partial charge on any atom is -0.493 e. The molecule has 0 fully saturated rings. The molecule has 2 rings (SSSR count). The number of carbonyl (C=O) groups excluding carboxylic acids is 1. The van der Waals surface area contributed by atoms with E-state index in [4.69, 9.17) is 0 Å². The van der Waals surface area contributed by atoms with E-state index in [-0.39, 0.29) is 23.6 Å². The van der Waals surface area contributed by atoms with Crippen LogP contribution in [0, 0.1) is 6.92 Å². The summed E-state index contributed by atoms with van der Waals surface area (Å²) in [4.78, 5) is 38.5. The van der Waals surface area contributed by atoms with Crippen LogP contribution >= 0.6 is 0 Å². The molecule has 0 atom stereocenters. The lowest BCUT2D eigenvalue weighted by atomic mass is 10.1. The van der Waals surface area contributed by atoms with Crippen LogP contribution in [0.4, 0.5) is 0 Å². The maximum atomic E-state index is 12.3. The van der Waals surface area contributed by atoms with Gasteiger partial charge in [0.25, 0.3) is 5.56 Å². The third-order valence-corrected chi connectivity index (χ3v) is 4.07. The molecule has 27 heavy (non-hydrogen) atoms. The lowest BCUT2D eigenvalue weighted by Crippen LogP contribution is -2.33. The smallest absolute Gasteiger partial charge is 0.335 e. The maximum Gasteiger partial charge on any atom is 0.335 e. The molecule has 0 aliphatic carbocycles. The molecule has 144 valence electrons. The summed E-state index contributed by atoms with van der Waals surface area (Å²) in [5.74, 6) is -0.790. The Morgan fingerprint density at radius 3 is 2.48 bits per heavy atom. The number of amides is 1. The van der Waals surface area contributed by atoms with Crippen LogP contribution in [-0.2, 0) is 4.79 Å². The summed E-state index contributed by atoms with van der Waals surface area (Å²) in [6, 6.07) is 6.89. The van der Waals surface area contributed by atoms with E-state index in [1.54, 1.807) is 31.2 Å². The molecule has 1 aromatic carbocycles. The molecule has 1 amide bonds. The number of hydrogen-bond donors (Lipinski definition) is 3. The minimum absolute atomic E-state index is 0.145. The van der Waals surface area contributed by atoms with Gasteiger partial charge in [-0.1, -0.05) is 38.0 Å². The van der Waals surface area contributed by atoms with Crippen LogP contribution in [0.15, 0.2) is 39.0 Å². The highest BCUT2D eigenvalue weighted by molar-refractivity contribution is 6.02. The molecule has 0 aliphatic rings. The predicted molar refractivity (Wildman–Crippen MR) is 104 cm³/mol. The molecule has 1 heterocycles. The summed E-state index contributed by atoms with van der Waals surface area (Å²) in [5.41, 5.74) is 2.31. The number of hydrogen-bond acceptors (Lipinski definition) is 5. The SMILES string of the molecule is CCCCC(=O)N/N=C(\CC)c1c(O)n(-c2ccc(C)cc2)c(=O)[nH]c1=O. The quantitative estimate of drug-likeness (QED) is 0.509. The van der Waals surface area contributed by atoms with Gasteiger partial charge in [0.15, 0.2) is 0 Å². The van der Waals surface area contributed by atoms with Crippen molar-refractivity contribution < 1.29 is 9.90 Å². The number of nitrogens with zero attached hydrogens (tertiary/aromatic N) is 2. The third-order valence-electron chi connectivity index (χ3n) is 4.07. The number of rotatable bonds is 7. The van der Waals surface area contributed by atoms with E-state index in [1.165, 1.54) is 0 Å². The first kappa shape index (κ1) is 20.2. The topological polar surface area (TPSA) is 117 Å². The summed E-state index contributed by atoms with van der Waals surface area (Å²) in [6.45, 7) is 5.60. The van der Waals surface area contributed by atoms with Crippen LogP contribution in [0.3, 0.4) is 0 Å². The number of aromatic hydroxyl groups is 1. The van der Waals surface area contributed by atoms with Crippen molar-refractivity contribution in [1.29, 1.82) is 0 Å². The Balaban J connectivity index is 2.50. The van der Waals surface area contributed by atoms with Gasteiger partial charge in [-0.15, -0.1) is 0 Å². The van der Waals surface area contributed by atoms with Gasteiger partial charge in [-0.2, -0.15) is 5.10 Å². The monoisotopic (exact) mass is 372 g/mol. The van der Waals surface area contributed by atoms with Crippen LogP contribution in [0.2, 0.25) is 0 Å². The zero-order chi connectivity index (χ0) is 20.0. The maximum absolute atomic E-state index is 12.3. The van der Waals surface area contributed by atoms with E-state index in [1.807, 2.05) is 13.8 Å². The number of unbranched alkanes of at least 4 members (excludes halogenated alkanes) is 1. The van der Waals surface area contributed by atoms with E-state index < -0.39 is 17.1 Å². The average Bonchev–Trinajstić information content (AvgIpc) is 2.63. The molecule has 2 aromatic rings. The molecule has 8 nitrogen and oxygen atoms in total. The summed E-state index contributed by atoms with van der Waals surface area (Å²) in [7, 11) is 0. The fourth-order valence-corrected chi connectivity index (χ4v) is 2.55. The Morgan fingerprint density at radius 1 is 1.22 bits per heavy atom. The van der Waals surface area contributed by atoms with Crippen LogP contribution < -0.4 is 16.7 Å². The van der Waals surface area contributed by atoms with Gasteiger partial charge in [-0.3, -0.25) is 14.6 Å². The fourth-order valence-electron chi connectivity index (χ4n) is 2.55. The number of aromatic nitrogens is 2. The molecule has 3 N–H and O–H groups in total. The van der Waals surface area contributed by atoms with Crippen molar-refractivity contribution in [3.63, 3.8) is 0 Å². The molecule has 0 saturated carbocycles. The van der Waals surface area contributed by atoms with Crippen molar-refractivity contribution in [2.45, 2.75) is 46.5 Å². The van der Waals surface area contributed by atoms with Gasteiger partial charge in [-0.05, 0) is 31.9 Å². The number of hydrazone groups is 1. The van der Waals surface area contributed by atoms with Crippen molar-refractivity contribution >= 4 is 11.6 Å². The van der Waals surface area contributed by atoms with E-state index in [9.17, 15) is 19.5 Å². The molecule has 0 unspecified atom stereocenters. The van der Waals surface area contributed by atoms with E-state index >= 15 is 0 Å². The Hall–Kier alpha value is -3.16. The van der Waals surface area contributed by atoms with Gasteiger partial charge in [-0.25, -0.2) is 14.8 Å². The van der Waals surface area contributed by atoms with Gasteiger partial charge in [0.05, 0.1) is 11.4 Å². The molecule has 0 bridgehead atoms. The first-order valence-corrected chi connectivity index (χ1v) is 8.90. The number of benzene rings is 1. The molecular weight excluding hydrogens is 348 g/mol. The molecule has 8 heteroatoms. The lowest BCUT2D eigenvalue weighted by molar-refractivity contribution is -0.121. The lowest BCUT2D eigenvalue weighted by Gasteiger charge is -2.12. The number of aryl methyl sites for hydroxylation is 1. The van der Waals surface area contributed by atoms with E-state index in [0.29, 0.717) is 12.1 Å².